The third-order valence-corrected chi connectivity index (χ3v) is 9.92. The van der Waals surface area contributed by atoms with Crippen LogP contribution < -0.4 is 5.06 Å². The number of nitrogens with zero attached hydrogens (tertiary/aromatic N) is 5. The van der Waals surface area contributed by atoms with Crippen molar-refractivity contribution in [3.8, 4) is 0 Å². The first kappa shape index (κ1) is 21.9. The third kappa shape index (κ3) is 3.05. The first-order chi connectivity index (χ1) is 15.2. The van der Waals surface area contributed by atoms with Gasteiger partial charge in [0, 0.05) is 6.54 Å². The molecule has 32 heavy (non-hydrogen) atoms. The van der Waals surface area contributed by atoms with Crippen LogP contribution in [0.25, 0.3) is 11.2 Å². The van der Waals surface area contributed by atoms with Crippen LogP contribution in [-0.2, 0) is 11.4 Å². The standard InChI is InChI=1S/C26H39N5O/c1-18-8-7-9-20-25(18,4)11-10-19(2)26(20,5)13-12-24(3)14-15-30-17-29-22-21(30)23(28-16-27-22)31(24)32-6/h16-17,19-20H,1,7-15H2,2-6H3/t19-,20+,24+,25+,26+/m1/s1. The van der Waals surface area contributed by atoms with Crippen LogP contribution in [0.2, 0.25) is 0 Å². The maximum Gasteiger partial charge on any atom is 0.183 e. The zero-order chi connectivity index (χ0) is 22.7. The second kappa shape index (κ2) is 7.54. The quantitative estimate of drug-likeness (QED) is 0.554. The van der Waals surface area contributed by atoms with Gasteiger partial charge in [-0.2, -0.15) is 0 Å². The summed E-state index contributed by atoms with van der Waals surface area (Å²) in [5, 5.41) is 2.05. The topological polar surface area (TPSA) is 56.1 Å². The minimum atomic E-state index is -0.142. The highest BCUT2D eigenvalue weighted by Gasteiger charge is 2.54. The SMILES string of the molecule is C=C1CCC[C@@H]2[C@@](C)(CC[C@@]3(C)CCn4cnc5ncnc(c54)N3OC)[C@H](C)CC[C@@]12C. The van der Waals surface area contributed by atoms with Crippen LogP contribution in [0.5, 0.6) is 0 Å². The van der Waals surface area contributed by atoms with Crippen molar-refractivity contribution in [1.29, 1.82) is 0 Å². The fourth-order valence-corrected chi connectivity index (χ4v) is 7.39. The summed E-state index contributed by atoms with van der Waals surface area (Å²) in [6.07, 6.45) is 13.2. The molecule has 5 atom stereocenters. The van der Waals surface area contributed by atoms with Gasteiger partial charge >= 0.3 is 0 Å². The average molecular weight is 438 g/mol. The number of allylic oxidation sites excluding steroid dienone is 1. The summed E-state index contributed by atoms with van der Waals surface area (Å²) in [4.78, 5) is 19.5. The van der Waals surface area contributed by atoms with Crippen molar-refractivity contribution < 1.29 is 4.84 Å². The molecule has 2 aromatic heterocycles. The van der Waals surface area contributed by atoms with Crippen LogP contribution in [-0.4, -0.2) is 32.2 Å². The van der Waals surface area contributed by atoms with E-state index in [9.17, 15) is 0 Å². The fourth-order valence-electron chi connectivity index (χ4n) is 7.39. The molecule has 2 aliphatic carbocycles. The molecule has 6 nitrogen and oxygen atoms in total. The van der Waals surface area contributed by atoms with Crippen molar-refractivity contribution in [3.05, 3.63) is 24.8 Å². The molecule has 174 valence electrons. The van der Waals surface area contributed by atoms with Gasteiger partial charge < -0.3 is 4.57 Å². The van der Waals surface area contributed by atoms with E-state index in [1.165, 1.54) is 44.1 Å². The Labute approximate surface area is 192 Å². The highest BCUT2D eigenvalue weighted by molar-refractivity contribution is 5.83. The molecule has 0 saturated heterocycles. The lowest BCUT2D eigenvalue weighted by atomic mass is 9.46. The minimum Gasteiger partial charge on any atom is -0.326 e. The molecule has 0 radical (unpaired) electrons. The Hall–Kier alpha value is -1.95. The highest BCUT2D eigenvalue weighted by atomic mass is 16.7. The molecule has 0 aromatic carbocycles. The van der Waals surface area contributed by atoms with Crippen LogP contribution in [0.15, 0.2) is 24.8 Å². The van der Waals surface area contributed by atoms with E-state index >= 15 is 0 Å². The molecule has 6 heteroatoms. The van der Waals surface area contributed by atoms with Crippen LogP contribution in [0.1, 0.15) is 79.1 Å². The van der Waals surface area contributed by atoms with E-state index in [1.807, 2.05) is 6.33 Å². The smallest absolute Gasteiger partial charge is 0.183 e. The van der Waals surface area contributed by atoms with Crippen molar-refractivity contribution in [2.24, 2.45) is 22.7 Å². The maximum absolute atomic E-state index is 6.03. The summed E-state index contributed by atoms with van der Waals surface area (Å²) in [5.74, 6) is 2.28. The summed E-state index contributed by atoms with van der Waals surface area (Å²) in [6, 6.07) is 0. The molecule has 0 N–H and O–H groups in total. The first-order valence-electron chi connectivity index (χ1n) is 12.4. The van der Waals surface area contributed by atoms with Gasteiger partial charge in [0.25, 0.3) is 0 Å². The van der Waals surface area contributed by atoms with E-state index in [1.54, 1.807) is 13.4 Å². The molecule has 3 heterocycles. The molecule has 1 aliphatic heterocycles. The second-order valence-electron chi connectivity index (χ2n) is 11.4. The molecule has 2 fully saturated rings. The lowest BCUT2D eigenvalue weighted by Crippen LogP contribution is -2.52. The summed E-state index contributed by atoms with van der Waals surface area (Å²) in [7, 11) is 1.77. The van der Waals surface area contributed by atoms with Crippen molar-refractivity contribution in [3.63, 3.8) is 0 Å². The number of hydrogen-bond acceptors (Lipinski definition) is 5. The molecule has 3 aliphatic rings. The number of hydrogen-bond donors (Lipinski definition) is 0. The zero-order valence-electron chi connectivity index (χ0n) is 20.5. The Morgan fingerprint density at radius 3 is 2.72 bits per heavy atom. The summed E-state index contributed by atoms with van der Waals surface area (Å²) in [6.45, 7) is 15.4. The average Bonchev–Trinajstić information content (AvgIpc) is 3.15. The maximum atomic E-state index is 6.03. The second-order valence-corrected chi connectivity index (χ2v) is 11.4. The Balaban J connectivity index is 1.46. The van der Waals surface area contributed by atoms with Crippen LogP contribution >= 0.6 is 0 Å². The number of rotatable bonds is 4. The molecule has 0 amide bonds. The van der Waals surface area contributed by atoms with Gasteiger partial charge in [-0.25, -0.2) is 20.0 Å². The van der Waals surface area contributed by atoms with Crippen molar-refractivity contribution in [2.75, 3.05) is 12.2 Å². The summed E-state index contributed by atoms with van der Waals surface area (Å²) < 4.78 is 2.19. The van der Waals surface area contributed by atoms with Gasteiger partial charge in [0.15, 0.2) is 11.5 Å². The fraction of sp³-hybridized carbons (Fsp3) is 0.731. The Bertz CT molecular complexity index is 1030. The van der Waals surface area contributed by atoms with Gasteiger partial charge in [0.1, 0.15) is 11.8 Å². The predicted octanol–water partition coefficient (Wildman–Crippen LogP) is 5.94. The van der Waals surface area contributed by atoms with Gasteiger partial charge in [-0.3, -0.25) is 4.84 Å². The molecule has 0 unspecified atom stereocenters. The van der Waals surface area contributed by atoms with Gasteiger partial charge in [0.05, 0.1) is 19.0 Å². The molecule has 0 spiro atoms. The molecular weight excluding hydrogens is 398 g/mol. The summed E-state index contributed by atoms with van der Waals surface area (Å²) in [5.41, 5.74) is 3.69. The van der Waals surface area contributed by atoms with Gasteiger partial charge in [-0.1, -0.05) is 32.9 Å². The van der Waals surface area contributed by atoms with E-state index in [2.05, 4.69) is 58.9 Å². The third-order valence-electron chi connectivity index (χ3n) is 9.92. The Morgan fingerprint density at radius 1 is 1.12 bits per heavy atom. The van der Waals surface area contributed by atoms with E-state index in [-0.39, 0.29) is 5.54 Å². The number of aryl methyl sites for hydroxylation is 1. The normalized spacial score (nSPS) is 37.4. The number of fused-ring (bicyclic) bond motifs is 1. The van der Waals surface area contributed by atoms with E-state index < -0.39 is 0 Å². The number of anilines is 1. The van der Waals surface area contributed by atoms with Crippen LogP contribution in [0, 0.1) is 22.7 Å². The van der Waals surface area contributed by atoms with Gasteiger partial charge in [-0.15, -0.1) is 0 Å². The predicted molar refractivity (Wildman–Crippen MR) is 128 cm³/mol. The number of hydroxylamine groups is 1. The Kier molecular flexibility index (Phi) is 5.16. The first-order valence-corrected chi connectivity index (χ1v) is 12.4. The molecular formula is C26H39N5O. The van der Waals surface area contributed by atoms with Crippen LogP contribution in [0.4, 0.5) is 5.82 Å². The lowest BCUT2D eigenvalue weighted by Gasteiger charge is -2.59. The minimum absolute atomic E-state index is 0.142. The molecule has 5 rings (SSSR count). The van der Waals surface area contributed by atoms with Crippen molar-refractivity contribution >= 4 is 17.0 Å². The molecule has 2 aromatic rings. The van der Waals surface area contributed by atoms with E-state index in [0.717, 1.165) is 42.3 Å². The summed E-state index contributed by atoms with van der Waals surface area (Å²) >= 11 is 0. The lowest BCUT2D eigenvalue weighted by molar-refractivity contribution is -0.0613. The Morgan fingerprint density at radius 2 is 1.94 bits per heavy atom. The van der Waals surface area contributed by atoms with Crippen molar-refractivity contribution in [1.82, 2.24) is 19.5 Å². The van der Waals surface area contributed by atoms with E-state index in [4.69, 9.17) is 4.84 Å². The van der Waals surface area contributed by atoms with Gasteiger partial charge in [0.2, 0.25) is 0 Å². The molecule has 2 saturated carbocycles. The van der Waals surface area contributed by atoms with Crippen molar-refractivity contribution in [2.45, 2.75) is 91.1 Å². The molecule has 0 bridgehead atoms. The number of imidazole rings is 1. The highest BCUT2D eigenvalue weighted by Crippen LogP contribution is 2.63. The largest absolute Gasteiger partial charge is 0.326 e. The zero-order valence-corrected chi connectivity index (χ0v) is 20.5. The monoisotopic (exact) mass is 437 g/mol. The van der Waals surface area contributed by atoms with E-state index in [0.29, 0.717) is 16.7 Å². The van der Waals surface area contributed by atoms with Gasteiger partial charge in [-0.05, 0) is 81.0 Å². The van der Waals surface area contributed by atoms with Crippen LogP contribution in [0.3, 0.4) is 0 Å². The number of aromatic nitrogens is 4.